The molecule has 0 aliphatic carbocycles. The molecule has 0 N–H and O–H groups in total. The van der Waals surface area contributed by atoms with Gasteiger partial charge in [-0.3, -0.25) is 0 Å². The van der Waals surface area contributed by atoms with Crippen molar-refractivity contribution >= 4 is 10.5 Å². The van der Waals surface area contributed by atoms with Crippen molar-refractivity contribution in [3.05, 3.63) is 36.9 Å². The molecule has 0 saturated carbocycles. The van der Waals surface area contributed by atoms with Gasteiger partial charge in [-0.05, 0) is 12.1 Å². The Kier molecular flexibility index (Phi) is 2.57. The number of hydrogen-bond donors (Lipinski definition) is 0. The van der Waals surface area contributed by atoms with E-state index in [0.717, 1.165) is 0 Å². The van der Waals surface area contributed by atoms with Gasteiger partial charge in [0.1, 0.15) is 18.4 Å². The maximum absolute atomic E-state index is 12.3. The molecular weight excluding hydrogens is 237 g/mol. The second-order valence-corrected chi connectivity index (χ2v) is 3.77. The second-order valence-electron chi connectivity index (χ2n) is 2.81. The largest absolute Gasteiger partial charge is 0.488 e. The van der Waals surface area contributed by atoms with Gasteiger partial charge in [-0.1, -0.05) is 9.95 Å². The second kappa shape index (κ2) is 3.89. The average Bonchev–Trinajstić information content (AvgIpc) is 2.68. The van der Waals surface area contributed by atoms with Crippen molar-refractivity contribution < 1.29 is 16.5 Å². The molecule has 2 rings (SSSR count). The summed E-state index contributed by atoms with van der Waals surface area (Å²) >= 11 is 0. The number of rotatable bonds is 3. The van der Waals surface area contributed by atoms with E-state index < -0.39 is 10.5 Å². The minimum Gasteiger partial charge on any atom is -0.358 e. The first-order chi connectivity index (χ1) is 7.54. The maximum Gasteiger partial charge on any atom is 0.488 e. The first-order valence-corrected chi connectivity index (χ1v) is 5.44. The zero-order valence-electron chi connectivity index (χ0n) is 7.82. The summed E-state index contributed by atoms with van der Waals surface area (Å²) in [6.07, 6.45) is 2.74. The van der Waals surface area contributed by atoms with Crippen LogP contribution < -0.4 is 4.18 Å². The van der Waals surface area contributed by atoms with Gasteiger partial charge in [-0.15, -0.1) is 0 Å². The third kappa shape index (κ3) is 2.54. The van der Waals surface area contributed by atoms with Crippen LogP contribution in [-0.2, 0) is 10.5 Å². The molecule has 1 aromatic carbocycles. The number of benzene rings is 1. The van der Waals surface area contributed by atoms with E-state index in [4.69, 9.17) is 0 Å². The third-order valence-corrected chi connectivity index (χ3v) is 2.09. The van der Waals surface area contributed by atoms with Gasteiger partial charge >= 0.3 is 10.5 Å². The summed E-state index contributed by atoms with van der Waals surface area (Å²) in [5, 5.41) is 3.83. The van der Waals surface area contributed by atoms with Crippen molar-refractivity contribution in [3.63, 3.8) is 0 Å². The highest BCUT2D eigenvalue weighted by molar-refractivity contribution is 7.81. The fourth-order valence-corrected chi connectivity index (χ4v) is 1.47. The zero-order valence-corrected chi connectivity index (χ0v) is 8.63. The van der Waals surface area contributed by atoms with Crippen LogP contribution in [0, 0.1) is 0 Å². The van der Waals surface area contributed by atoms with Gasteiger partial charge in [0.15, 0.2) is 0 Å². The fraction of sp³-hybridized carbons (Fsp3) is 0. The van der Waals surface area contributed by atoms with Gasteiger partial charge in [0.2, 0.25) is 0 Å². The molecule has 6 nitrogen and oxygen atoms in total. The van der Waals surface area contributed by atoms with Gasteiger partial charge in [0.25, 0.3) is 0 Å². The van der Waals surface area contributed by atoms with E-state index in [1.165, 1.54) is 35.5 Å². The Hall–Kier alpha value is -1.96. The van der Waals surface area contributed by atoms with Crippen LogP contribution in [0.1, 0.15) is 0 Å². The zero-order chi connectivity index (χ0) is 11.6. The van der Waals surface area contributed by atoms with Crippen LogP contribution in [0.25, 0.3) is 5.69 Å². The van der Waals surface area contributed by atoms with Gasteiger partial charge in [-0.25, -0.2) is 9.67 Å². The summed E-state index contributed by atoms with van der Waals surface area (Å²) in [5.74, 6) is -0.129. The van der Waals surface area contributed by atoms with E-state index >= 15 is 0 Å². The monoisotopic (exact) mass is 243 g/mol. The lowest BCUT2D eigenvalue weighted by Gasteiger charge is -2.03. The van der Waals surface area contributed by atoms with Crippen molar-refractivity contribution in [2.24, 2.45) is 0 Å². The van der Waals surface area contributed by atoms with Crippen LogP contribution in [0.4, 0.5) is 3.89 Å². The average molecular weight is 243 g/mol. The van der Waals surface area contributed by atoms with Crippen LogP contribution >= 0.6 is 0 Å². The maximum atomic E-state index is 12.3. The van der Waals surface area contributed by atoms with E-state index in [1.807, 2.05) is 0 Å². The summed E-state index contributed by atoms with van der Waals surface area (Å²) in [4.78, 5) is 3.72. The van der Waals surface area contributed by atoms with Crippen molar-refractivity contribution in [2.75, 3.05) is 0 Å². The van der Waals surface area contributed by atoms with Crippen molar-refractivity contribution in [1.82, 2.24) is 14.8 Å². The topological polar surface area (TPSA) is 74.1 Å². The number of aromatic nitrogens is 3. The van der Waals surface area contributed by atoms with Crippen LogP contribution in [0.3, 0.4) is 0 Å². The summed E-state index contributed by atoms with van der Waals surface area (Å²) in [5.41, 5.74) is 0.513. The molecule has 16 heavy (non-hydrogen) atoms. The molecule has 8 heteroatoms. The van der Waals surface area contributed by atoms with Crippen LogP contribution in [-0.4, -0.2) is 23.2 Å². The molecule has 0 radical (unpaired) electrons. The van der Waals surface area contributed by atoms with Gasteiger partial charge in [-0.2, -0.15) is 13.5 Å². The highest BCUT2D eigenvalue weighted by Gasteiger charge is 2.10. The summed E-state index contributed by atoms with van der Waals surface area (Å²) < 4.78 is 38.3. The minimum absolute atomic E-state index is 0.129. The SMILES string of the molecule is O=S(=O)(F)Oc1cccc(-n2cncn2)c1. The summed E-state index contributed by atoms with van der Waals surface area (Å²) in [6, 6.07) is 5.80. The molecule has 0 atom stereocenters. The van der Waals surface area contributed by atoms with Gasteiger partial charge in [0.05, 0.1) is 5.69 Å². The van der Waals surface area contributed by atoms with Crippen molar-refractivity contribution in [3.8, 4) is 11.4 Å². The lowest BCUT2D eigenvalue weighted by atomic mass is 10.3. The Labute approximate surface area is 90.7 Å². The van der Waals surface area contributed by atoms with E-state index in [0.29, 0.717) is 5.69 Å². The molecule has 0 amide bonds. The lowest BCUT2D eigenvalue weighted by Crippen LogP contribution is -2.02. The van der Waals surface area contributed by atoms with E-state index in [9.17, 15) is 12.3 Å². The molecule has 0 saturated heterocycles. The Bertz CT molecular complexity index is 582. The Morgan fingerprint density at radius 1 is 1.38 bits per heavy atom. The minimum atomic E-state index is -5.01. The van der Waals surface area contributed by atoms with Gasteiger partial charge < -0.3 is 4.18 Å². The Morgan fingerprint density at radius 2 is 2.19 bits per heavy atom. The molecular formula is C8H6FN3O3S. The first kappa shape index (κ1) is 10.6. The molecule has 0 spiro atoms. The summed E-state index contributed by atoms with van der Waals surface area (Å²) in [7, 11) is -5.01. The standard InChI is InChI=1S/C8H6FN3O3S/c9-16(13,14)15-8-3-1-2-7(4-8)12-6-10-5-11-12/h1-6H. The molecule has 0 fully saturated rings. The Balaban J connectivity index is 2.34. The molecule has 1 heterocycles. The molecule has 0 unspecified atom stereocenters. The molecule has 0 aliphatic heterocycles. The molecule has 0 aliphatic rings. The van der Waals surface area contributed by atoms with E-state index in [2.05, 4.69) is 14.3 Å². The predicted octanol–water partition coefficient (Wildman–Crippen LogP) is 0.860. The first-order valence-electron chi connectivity index (χ1n) is 4.14. The lowest BCUT2D eigenvalue weighted by molar-refractivity contribution is 0.440. The molecule has 0 bridgehead atoms. The fourth-order valence-electron chi connectivity index (χ4n) is 1.13. The molecule has 1 aromatic heterocycles. The van der Waals surface area contributed by atoms with Gasteiger partial charge in [0, 0.05) is 6.07 Å². The Morgan fingerprint density at radius 3 is 2.81 bits per heavy atom. The third-order valence-electron chi connectivity index (χ3n) is 1.70. The van der Waals surface area contributed by atoms with Crippen molar-refractivity contribution in [2.45, 2.75) is 0 Å². The number of nitrogens with zero attached hydrogens (tertiary/aromatic N) is 3. The highest BCUT2D eigenvalue weighted by Crippen LogP contribution is 2.17. The quantitative estimate of drug-likeness (QED) is 0.747. The highest BCUT2D eigenvalue weighted by atomic mass is 32.3. The summed E-state index contributed by atoms with van der Waals surface area (Å²) in [6.45, 7) is 0. The van der Waals surface area contributed by atoms with Crippen LogP contribution in [0.2, 0.25) is 0 Å². The van der Waals surface area contributed by atoms with Crippen LogP contribution in [0.15, 0.2) is 36.9 Å². The predicted molar refractivity (Wildman–Crippen MR) is 52.0 cm³/mol. The van der Waals surface area contributed by atoms with Crippen LogP contribution in [0.5, 0.6) is 5.75 Å². The van der Waals surface area contributed by atoms with E-state index in [1.54, 1.807) is 6.07 Å². The molecule has 2 aromatic rings. The van der Waals surface area contributed by atoms with Crippen molar-refractivity contribution in [1.29, 1.82) is 0 Å². The smallest absolute Gasteiger partial charge is 0.358 e. The number of hydrogen-bond acceptors (Lipinski definition) is 5. The number of halogens is 1. The normalized spacial score (nSPS) is 11.3. The van der Waals surface area contributed by atoms with E-state index in [-0.39, 0.29) is 5.75 Å². The molecule has 84 valence electrons.